The fraction of sp³-hybridized carbons (Fsp3) is 0.571. The smallest absolute Gasteiger partial charge is 0.310 e. The SMILES string of the molecule is CCCNC(C)c1cccc(SCCC(F)(F)F)c1. The molecule has 5 heteroatoms. The lowest BCUT2D eigenvalue weighted by molar-refractivity contribution is -0.129. The molecule has 1 atom stereocenters. The summed E-state index contributed by atoms with van der Waals surface area (Å²) < 4.78 is 36.2. The molecule has 108 valence electrons. The van der Waals surface area contributed by atoms with Gasteiger partial charge in [0.1, 0.15) is 0 Å². The molecule has 0 aliphatic heterocycles. The Kier molecular flexibility index (Phi) is 6.72. The molecule has 1 N–H and O–H groups in total. The lowest BCUT2D eigenvalue weighted by Gasteiger charge is -2.14. The van der Waals surface area contributed by atoms with E-state index in [0.717, 1.165) is 23.4 Å². The van der Waals surface area contributed by atoms with Crippen LogP contribution in [0.5, 0.6) is 0 Å². The molecule has 0 heterocycles. The molecular weight excluding hydrogens is 271 g/mol. The second-order valence-corrected chi connectivity index (χ2v) is 5.63. The Morgan fingerprint density at radius 3 is 2.68 bits per heavy atom. The van der Waals surface area contributed by atoms with E-state index in [1.54, 1.807) is 0 Å². The molecule has 0 aliphatic carbocycles. The molecule has 0 aliphatic rings. The van der Waals surface area contributed by atoms with Crippen LogP contribution in [0.3, 0.4) is 0 Å². The number of thioether (sulfide) groups is 1. The summed E-state index contributed by atoms with van der Waals surface area (Å²) in [5.74, 6) is 0.0731. The van der Waals surface area contributed by atoms with Crippen LogP contribution in [0, 0.1) is 0 Å². The van der Waals surface area contributed by atoms with E-state index in [1.807, 2.05) is 24.3 Å². The molecule has 0 spiro atoms. The van der Waals surface area contributed by atoms with Crippen molar-refractivity contribution in [3.8, 4) is 0 Å². The van der Waals surface area contributed by atoms with Crippen LogP contribution in [0.2, 0.25) is 0 Å². The first-order chi connectivity index (χ1) is 8.92. The first-order valence-corrected chi connectivity index (χ1v) is 7.44. The molecule has 0 radical (unpaired) electrons. The normalized spacial score (nSPS) is 13.5. The van der Waals surface area contributed by atoms with Crippen molar-refractivity contribution in [3.05, 3.63) is 29.8 Å². The van der Waals surface area contributed by atoms with Crippen LogP contribution in [0.25, 0.3) is 0 Å². The van der Waals surface area contributed by atoms with Crippen LogP contribution >= 0.6 is 11.8 Å². The summed E-state index contributed by atoms with van der Waals surface area (Å²) in [6.07, 6.45) is -3.75. The first-order valence-electron chi connectivity index (χ1n) is 6.45. The highest BCUT2D eigenvalue weighted by molar-refractivity contribution is 7.99. The minimum Gasteiger partial charge on any atom is -0.310 e. The summed E-state index contributed by atoms with van der Waals surface area (Å²) in [7, 11) is 0. The molecule has 1 rings (SSSR count). The molecule has 1 unspecified atom stereocenters. The Morgan fingerprint density at radius 1 is 1.32 bits per heavy atom. The van der Waals surface area contributed by atoms with Crippen LogP contribution in [0.4, 0.5) is 13.2 Å². The van der Waals surface area contributed by atoms with Crippen molar-refractivity contribution in [1.82, 2.24) is 5.32 Å². The van der Waals surface area contributed by atoms with Gasteiger partial charge in [-0.15, -0.1) is 11.8 Å². The quantitative estimate of drug-likeness (QED) is 0.725. The van der Waals surface area contributed by atoms with Crippen LogP contribution in [0.1, 0.15) is 38.3 Å². The molecule has 19 heavy (non-hydrogen) atoms. The van der Waals surface area contributed by atoms with Gasteiger partial charge >= 0.3 is 6.18 Å². The van der Waals surface area contributed by atoms with Gasteiger partial charge in [0, 0.05) is 16.7 Å². The maximum Gasteiger partial charge on any atom is 0.389 e. The van der Waals surface area contributed by atoms with Crippen LogP contribution in [0.15, 0.2) is 29.2 Å². The molecular formula is C14H20F3NS. The molecule has 1 aromatic rings. The van der Waals surface area contributed by atoms with E-state index in [9.17, 15) is 13.2 Å². The molecule has 0 fully saturated rings. The minimum atomic E-state index is -4.07. The maximum absolute atomic E-state index is 12.1. The number of hydrogen-bond donors (Lipinski definition) is 1. The lowest BCUT2D eigenvalue weighted by atomic mass is 10.1. The van der Waals surface area contributed by atoms with Gasteiger partial charge in [-0.3, -0.25) is 0 Å². The van der Waals surface area contributed by atoms with E-state index in [2.05, 4.69) is 19.2 Å². The molecule has 0 saturated heterocycles. The second-order valence-electron chi connectivity index (χ2n) is 4.46. The van der Waals surface area contributed by atoms with Crippen molar-refractivity contribution in [2.75, 3.05) is 12.3 Å². The number of hydrogen-bond acceptors (Lipinski definition) is 2. The van der Waals surface area contributed by atoms with Crippen LogP contribution in [-0.2, 0) is 0 Å². The van der Waals surface area contributed by atoms with Gasteiger partial charge in [0.15, 0.2) is 0 Å². The number of rotatable bonds is 7. The average molecular weight is 291 g/mol. The Bertz CT molecular complexity index is 379. The minimum absolute atomic E-state index is 0.0731. The van der Waals surface area contributed by atoms with Crippen molar-refractivity contribution in [2.45, 2.75) is 43.8 Å². The highest BCUT2D eigenvalue weighted by Crippen LogP contribution is 2.27. The van der Waals surface area contributed by atoms with E-state index < -0.39 is 12.6 Å². The van der Waals surface area contributed by atoms with Crippen molar-refractivity contribution in [3.63, 3.8) is 0 Å². The zero-order valence-electron chi connectivity index (χ0n) is 11.3. The Labute approximate surface area is 117 Å². The molecule has 0 amide bonds. The number of alkyl halides is 3. The summed E-state index contributed by atoms with van der Waals surface area (Å²) in [5, 5.41) is 3.37. The molecule has 1 nitrogen and oxygen atoms in total. The second kappa shape index (κ2) is 7.80. The number of halogens is 3. The lowest BCUT2D eigenvalue weighted by Crippen LogP contribution is -2.19. The van der Waals surface area contributed by atoms with Gasteiger partial charge in [0.2, 0.25) is 0 Å². The third-order valence-corrected chi connectivity index (χ3v) is 3.71. The van der Waals surface area contributed by atoms with Crippen LogP contribution in [-0.4, -0.2) is 18.5 Å². The van der Waals surface area contributed by atoms with Crippen LogP contribution < -0.4 is 5.32 Å². The summed E-state index contributed by atoms with van der Waals surface area (Å²) in [6.45, 7) is 5.10. The van der Waals surface area contributed by atoms with Gasteiger partial charge in [-0.25, -0.2) is 0 Å². The standard InChI is InChI=1S/C14H20F3NS/c1-3-8-18-11(2)12-5-4-6-13(10-12)19-9-7-14(15,16)17/h4-6,10-11,18H,3,7-9H2,1-2H3. The zero-order valence-corrected chi connectivity index (χ0v) is 12.1. The Balaban J connectivity index is 2.52. The van der Waals surface area contributed by atoms with E-state index >= 15 is 0 Å². The van der Waals surface area contributed by atoms with Crippen molar-refractivity contribution < 1.29 is 13.2 Å². The monoisotopic (exact) mass is 291 g/mol. The number of nitrogens with one attached hydrogen (secondary N) is 1. The van der Waals surface area contributed by atoms with Gasteiger partial charge in [0.05, 0.1) is 6.42 Å². The molecule has 0 saturated carbocycles. The third-order valence-electron chi connectivity index (χ3n) is 2.71. The Hall–Kier alpha value is -0.680. The molecule has 0 aromatic heterocycles. The topological polar surface area (TPSA) is 12.0 Å². The summed E-state index contributed by atoms with van der Waals surface area (Å²) >= 11 is 1.25. The van der Waals surface area contributed by atoms with E-state index in [1.165, 1.54) is 11.8 Å². The summed E-state index contributed by atoms with van der Waals surface area (Å²) in [4.78, 5) is 0.895. The van der Waals surface area contributed by atoms with Gasteiger partial charge in [-0.05, 0) is 37.6 Å². The van der Waals surface area contributed by atoms with Gasteiger partial charge < -0.3 is 5.32 Å². The summed E-state index contributed by atoms with van der Waals surface area (Å²) in [5.41, 5.74) is 1.12. The number of benzene rings is 1. The average Bonchev–Trinajstić information content (AvgIpc) is 2.35. The molecule has 0 bridgehead atoms. The molecule has 1 aromatic carbocycles. The predicted molar refractivity (Wildman–Crippen MR) is 74.5 cm³/mol. The maximum atomic E-state index is 12.1. The largest absolute Gasteiger partial charge is 0.389 e. The van der Waals surface area contributed by atoms with Gasteiger partial charge in [-0.1, -0.05) is 19.1 Å². The highest BCUT2D eigenvalue weighted by atomic mass is 32.2. The fourth-order valence-corrected chi connectivity index (χ4v) is 2.60. The third kappa shape index (κ3) is 6.87. The van der Waals surface area contributed by atoms with Crippen molar-refractivity contribution in [1.29, 1.82) is 0 Å². The zero-order chi connectivity index (χ0) is 14.3. The first kappa shape index (κ1) is 16.4. The highest BCUT2D eigenvalue weighted by Gasteiger charge is 2.26. The van der Waals surface area contributed by atoms with E-state index in [0.29, 0.717) is 0 Å². The van der Waals surface area contributed by atoms with E-state index in [4.69, 9.17) is 0 Å². The van der Waals surface area contributed by atoms with Gasteiger partial charge in [-0.2, -0.15) is 13.2 Å². The van der Waals surface area contributed by atoms with Crippen molar-refractivity contribution >= 4 is 11.8 Å². The van der Waals surface area contributed by atoms with Crippen molar-refractivity contribution in [2.24, 2.45) is 0 Å². The van der Waals surface area contributed by atoms with E-state index in [-0.39, 0.29) is 11.8 Å². The predicted octanol–water partition coefficient (Wildman–Crippen LogP) is 4.79. The Morgan fingerprint density at radius 2 is 2.05 bits per heavy atom. The fourth-order valence-electron chi connectivity index (χ4n) is 1.64. The summed E-state index contributed by atoms with van der Waals surface area (Å²) in [6, 6.07) is 7.95. The van der Waals surface area contributed by atoms with Gasteiger partial charge in [0.25, 0.3) is 0 Å².